The largest absolute Gasteiger partial charge is 0.495 e. The molecule has 186 valence electrons. The molecule has 1 fully saturated rings. The molecule has 0 unspecified atom stereocenters. The van der Waals surface area contributed by atoms with Crippen LogP contribution in [0.2, 0.25) is 0 Å². The average Bonchev–Trinajstić information content (AvgIpc) is 3.09. The van der Waals surface area contributed by atoms with Gasteiger partial charge in [-0.25, -0.2) is 4.98 Å². The number of anilines is 1. The lowest BCUT2D eigenvalue weighted by molar-refractivity contribution is -0.141. The Hall–Kier alpha value is -2.65. The van der Waals surface area contributed by atoms with Gasteiger partial charge in [0.05, 0.1) is 12.8 Å². The average molecular weight is 480 g/mol. The minimum Gasteiger partial charge on any atom is -0.495 e. The SMILES string of the molecule is CO.COc1cc2c(cc1NC(=O)c1cccc(C(F)(F)F)n1)CN(C1CCCCC1)C2(C)C. The van der Waals surface area contributed by atoms with Crippen LogP contribution in [0.3, 0.4) is 0 Å². The molecule has 1 amide bonds. The Morgan fingerprint density at radius 1 is 1.18 bits per heavy atom. The van der Waals surface area contributed by atoms with Crippen molar-refractivity contribution >= 4 is 11.6 Å². The first-order valence-electron chi connectivity index (χ1n) is 11.4. The van der Waals surface area contributed by atoms with Gasteiger partial charge in [-0.15, -0.1) is 0 Å². The van der Waals surface area contributed by atoms with Crippen LogP contribution < -0.4 is 10.1 Å². The number of aromatic nitrogens is 1. The van der Waals surface area contributed by atoms with Gasteiger partial charge >= 0.3 is 6.18 Å². The maximum absolute atomic E-state index is 13.0. The maximum Gasteiger partial charge on any atom is 0.433 e. The number of ether oxygens (including phenoxy) is 1. The lowest BCUT2D eigenvalue weighted by Crippen LogP contribution is -2.44. The zero-order valence-electron chi connectivity index (χ0n) is 20.0. The number of fused-ring (bicyclic) bond motifs is 1. The molecule has 1 aromatic heterocycles. The van der Waals surface area contributed by atoms with Crippen LogP contribution >= 0.6 is 0 Å². The van der Waals surface area contributed by atoms with E-state index in [1.807, 2.05) is 12.1 Å². The lowest BCUT2D eigenvalue weighted by Gasteiger charge is -2.40. The van der Waals surface area contributed by atoms with E-state index >= 15 is 0 Å². The molecule has 0 atom stereocenters. The van der Waals surface area contributed by atoms with E-state index in [0.717, 1.165) is 30.8 Å². The predicted octanol–water partition coefficient (Wildman–Crippen LogP) is 5.35. The third-order valence-electron chi connectivity index (χ3n) is 6.68. The molecule has 1 aliphatic carbocycles. The molecule has 4 rings (SSSR count). The van der Waals surface area contributed by atoms with Gasteiger partial charge in [-0.1, -0.05) is 25.3 Å². The first-order chi connectivity index (χ1) is 16.1. The van der Waals surface area contributed by atoms with Crippen molar-refractivity contribution in [2.75, 3.05) is 19.5 Å². The molecule has 2 aliphatic rings. The summed E-state index contributed by atoms with van der Waals surface area (Å²) in [4.78, 5) is 18.7. The van der Waals surface area contributed by atoms with Crippen LogP contribution in [0.4, 0.5) is 18.9 Å². The second-order valence-corrected chi connectivity index (χ2v) is 9.05. The Bertz CT molecular complexity index is 1020. The Kier molecular flexibility index (Phi) is 7.88. The Morgan fingerprint density at radius 3 is 2.47 bits per heavy atom. The first-order valence-corrected chi connectivity index (χ1v) is 11.4. The van der Waals surface area contributed by atoms with Crippen molar-refractivity contribution in [3.8, 4) is 5.75 Å². The highest BCUT2D eigenvalue weighted by Crippen LogP contribution is 2.46. The van der Waals surface area contributed by atoms with E-state index in [2.05, 4.69) is 29.0 Å². The third kappa shape index (κ3) is 5.20. The number of aliphatic hydroxyl groups excluding tert-OH is 1. The number of pyridine rings is 1. The zero-order valence-corrected chi connectivity index (χ0v) is 20.0. The van der Waals surface area contributed by atoms with Crippen molar-refractivity contribution in [2.24, 2.45) is 0 Å². The fourth-order valence-corrected chi connectivity index (χ4v) is 5.01. The van der Waals surface area contributed by atoms with Crippen LogP contribution in [0, 0.1) is 0 Å². The van der Waals surface area contributed by atoms with Crippen LogP contribution in [0.15, 0.2) is 30.3 Å². The molecule has 34 heavy (non-hydrogen) atoms. The standard InChI is InChI=1S/C24H28F3N3O2.CH4O/c1-23(2)17-13-20(32-3)19(12-15(17)14-30(23)16-8-5-4-6-9-16)29-22(31)18-10-7-11-21(28-18)24(25,26)27;1-2/h7,10-13,16H,4-6,8-9,14H2,1-3H3,(H,29,31);2H,1H3. The first kappa shape index (κ1) is 26.0. The van der Waals surface area contributed by atoms with Gasteiger partial charge in [0.15, 0.2) is 0 Å². The molecule has 9 heteroatoms. The molecule has 6 nitrogen and oxygen atoms in total. The summed E-state index contributed by atoms with van der Waals surface area (Å²) >= 11 is 0. The molecule has 2 heterocycles. The number of benzene rings is 1. The van der Waals surface area contributed by atoms with Crippen molar-refractivity contribution in [2.45, 2.75) is 70.3 Å². The van der Waals surface area contributed by atoms with Gasteiger partial charge in [0.2, 0.25) is 0 Å². The number of carbonyl (C=O) groups excluding carboxylic acids is 1. The fourth-order valence-electron chi connectivity index (χ4n) is 5.01. The second kappa shape index (κ2) is 10.3. The van der Waals surface area contributed by atoms with E-state index in [1.54, 1.807) is 0 Å². The molecular formula is C25H32F3N3O3. The second-order valence-electron chi connectivity index (χ2n) is 9.05. The summed E-state index contributed by atoms with van der Waals surface area (Å²) in [5.74, 6) is -0.238. The molecule has 0 spiro atoms. The molecule has 1 aliphatic heterocycles. The molecule has 0 radical (unpaired) electrons. The molecule has 0 saturated heterocycles. The molecule has 2 aromatic rings. The minimum absolute atomic E-state index is 0.171. The summed E-state index contributed by atoms with van der Waals surface area (Å²) < 4.78 is 44.4. The summed E-state index contributed by atoms with van der Waals surface area (Å²) in [7, 11) is 2.51. The summed E-state index contributed by atoms with van der Waals surface area (Å²) in [6, 6.07) is 7.62. The predicted molar refractivity (Wildman–Crippen MR) is 124 cm³/mol. The van der Waals surface area contributed by atoms with Gasteiger partial charge in [-0.05, 0) is 62.1 Å². The Labute approximate surface area is 198 Å². The number of aliphatic hydroxyl groups is 1. The van der Waals surface area contributed by atoms with Crippen molar-refractivity contribution < 1.29 is 27.8 Å². The number of nitrogens with zero attached hydrogens (tertiary/aromatic N) is 2. The van der Waals surface area contributed by atoms with Crippen molar-refractivity contribution in [1.82, 2.24) is 9.88 Å². The van der Waals surface area contributed by atoms with E-state index in [1.165, 1.54) is 51.3 Å². The molecule has 0 bridgehead atoms. The van der Waals surface area contributed by atoms with Gasteiger partial charge in [-0.2, -0.15) is 13.2 Å². The smallest absolute Gasteiger partial charge is 0.433 e. The third-order valence-corrected chi connectivity index (χ3v) is 6.68. The normalized spacial score (nSPS) is 18.0. The van der Waals surface area contributed by atoms with Gasteiger partial charge in [0.25, 0.3) is 5.91 Å². The zero-order chi connectivity index (χ0) is 25.1. The van der Waals surface area contributed by atoms with Gasteiger partial charge in [0.1, 0.15) is 17.1 Å². The highest BCUT2D eigenvalue weighted by Gasteiger charge is 2.42. The summed E-state index contributed by atoms with van der Waals surface area (Å²) in [5.41, 5.74) is 1.10. The Morgan fingerprint density at radius 2 is 1.85 bits per heavy atom. The number of hydrogen-bond donors (Lipinski definition) is 2. The van der Waals surface area contributed by atoms with Crippen LogP contribution in [-0.4, -0.2) is 41.2 Å². The fraction of sp³-hybridized carbons (Fsp3) is 0.520. The number of hydrogen-bond acceptors (Lipinski definition) is 5. The topological polar surface area (TPSA) is 74.7 Å². The van der Waals surface area contributed by atoms with Crippen LogP contribution in [-0.2, 0) is 18.3 Å². The summed E-state index contributed by atoms with van der Waals surface area (Å²) in [5, 5.41) is 9.70. The van der Waals surface area contributed by atoms with E-state index < -0.39 is 17.8 Å². The summed E-state index contributed by atoms with van der Waals surface area (Å²) in [6.45, 7) is 5.18. The van der Waals surface area contributed by atoms with E-state index in [0.29, 0.717) is 17.5 Å². The quantitative estimate of drug-likeness (QED) is 0.618. The van der Waals surface area contributed by atoms with Crippen LogP contribution in [0.25, 0.3) is 0 Å². The van der Waals surface area contributed by atoms with Gasteiger partial charge in [0, 0.05) is 25.2 Å². The Balaban J connectivity index is 0.00000158. The monoisotopic (exact) mass is 479 g/mol. The van der Waals surface area contributed by atoms with E-state index in [-0.39, 0.29) is 11.2 Å². The van der Waals surface area contributed by atoms with Crippen molar-refractivity contribution in [3.05, 3.63) is 52.8 Å². The molecule has 1 aromatic carbocycles. The number of nitrogens with one attached hydrogen (secondary N) is 1. The molecular weight excluding hydrogens is 447 g/mol. The highest BCUT2D eigenvalue weighted by atomic mass is 19.4. The number of halogens is 3. The number of alkyl halides is 3. The minimum atomic E-state index is -4.62. The van der Waals surface area contributed by atoms with Gasteiger partial charge < -0.3 is 15.2 Å². The number of amides is 1. The lowest BCUT2D eigenvalue weighted by atomic mass is 9.88. The number of carbonyl (C=O) groups is 1. The van der Waals surface area contributed by atoms with Crippen LogP contribution in [0.5, 0.6) is 5.75 Å². The maximum atomic E-state index is 13.0. The highest BCUT2D eigenvalue weighted by molar-refractivity contribution is 6.03. The number of methoxy groups -OCH3 is 1. The molecule has 2 N–H and O–H groups in total. The van der Waals surface area contributed by atoms with E-state index in [4.69, 9.17) is 9.84 Å². The molecule has 1 saturated carbocycles. The van der Waals surface area contributed by atoms with Gasteiger partial charge in [-0.3, -0.25) is 9.69 Å². The summed E-state index contributed by atoms with van der Waals surface area (Å²) in [6.07, 6.45) is 1.50. The van der Waals surface area contributed by atoms with Crippen molar-refractivity contribution in [3.63, 3.8) is 0 Å². The van der Waals surface area contributed by atoms with E-state index in [9.17, 15) is 18.0 Å². The number of rotatable bonds is 4. The van der Waals surface area contributed by atoms with Crippen LogP contribution in [0.1, 0.15) is 73.3 Å². The van der Waals surface area contributed by atoms with Crippen molar-refractivity contribution in [1.29, 1.82) is 0 Å².